The number of phosphoric acid groups is 6. The van der Waals surface area contributed by atoms with E-state index in [1.807, 2.05) is 0 Å². The average Bonchev–Trinajstić information content (AvgIpc) is 1.62. The Labute approximate surface area is 600 Å². The van der Waals surface area contributed by atoms with Gasteiger partial charge in [0.05, 0.1) is 60.8 Å². The van der Waals surface area contributed by atoms with Crippen molar-refractivity contribution in [3.05, 3.63) is 37.5 Å². The van der Waals surface area contributed by atoms with Crippen LogP contribution < -0.4 is 71.9 Å². The molecule has 4 aromatic heterocycles. The van der Waals surface area contributed by atoms with Gasteiger partial charge < -0.3 is 143 Å². The number of rotatable bonds is 41. The molecule has 2 aliphatic rings. The number of aliphatic hydroxyl groups excluding tert-OH is 5. The van der Waals surface area contributed by atoms with Gasteiger partial charge in [0.2, 0.25) is 23.6 Å². The van der Waals surface area contributed by atoms with Crippen molar-refractivity contribution in [2.75, 3.05) is 64.1 Å². The van der Waals surface area contributed by atoms with Crippen molar-refractivity contribution in [3.63, 3.8) is 0 Å². The first kappa shape index (κ1) is 90.7. The number of anilines is 2. The predicted octanol–water partition coefficient (Wildman–Crippen LogP) is -7.73. The topological polar surface area (TPSA) is 770 Å². The van der Waals surface area contributed by atoms with E-state index in [-0.39, 0.29) is 97.4 Å². The first-order valence-electron chi connectivity index (χ1n) is 30.9. The lowest BCUT2D eigenvalue weighted by atomic mass is 9.87. The number of carbonyl (C=O) groups is 6. The number of aliphatic hydroxyl groups is 5. The zero-order valence-electron chi connectivity index (χ0n) is 56.8. The van der Waals surface area contributed by atoms with E-state index < -0.39 is 181 Å². The molecule has 6 rings (SSSR count). The third-order valence-corrected chi connectivity index (χ3v) is 21.1. The first-order valence-corrected chi connectivity index (χ1v) is 39.7. The Morgan fingerprint density at radius 3 is 1.28 bits per heavy atom. The van der Waals surface area contributed by atoms with Crippen LogP contribution in [0.4, 0.5) is 11.6 Å². The smallest absolute Gasteiger partial charge is 0.274 e. The van der Waals surface area contributed by atoms with Crippen LogP contribution in [0.25, 0.3) is 22.3 Å². The third kappa shape index (κ3) is 27.6. The molecule has 0 spiro atoms. The molecule has 2 aliphatic heterocycles. The highest BCUT2D eigenvalue weighted by Crippen LogP contribution is 2.58. The number of ketones is 2. The van der Waals surface area contributed by atoms with E-state index in [0.717, 1.165) is 34.4 Å². The molecule has 16 atom stereocenters. The number of nitrogens with one attached hydrogen (secondary N) is 4. The van der Waals surface area contributed by atoms with Crippen LogP contribution in [0, 0.1) is 16.7 Å². The number of aromatic nitrogens is 8. The molecule has 13 N–H and O–H groups in total. The van der Waals surface area contributed by atoms with Crippen molar-refractivity contribution in [1.82, 2.24) is 60.3 Å². The molecular formula is C51H76N14O35P6-8. The Morgan fingerprint density at radius 1 is 0.566 bits per heavy atom. The average molecular weight is 1630 g/mol. The van der Waals surface area contributed by atoms with Gasteiger partial charge in [-0.2, -0.15) is 0 Å². The number of nitrogens with two attached hydrogens (primary N) is 2. The summed E-state index contributed by atoms with van der Waals surface area (Å²) in [6, 6.07) is 0. The monoisotopic (exact) mass is 1630 g/mol. The van der Waals surface area contributed by atoms with Gasteiger partial charge in [-0.15, -0.1) is 0 Å². The second-order valence-corrected chi connectivity index (χ2v) is 32.6. The number of amides is 4. The van der Waals surface area contributed by atoms with E-state index in [9.17, 15) is 121 Å². The molecule has 0 radical (unpaired) electrons. The number of hydrogen-bond acceptors (Lipinski definition) is 43. The summed E-state index contributed by atoms with van der Waals surface area (Å²) >= 11 is 0. The van der Waals surface area contributed by atoms with Crippen molar-refractivity contribution in [3.8, 4) is 0 Å². The number of fused-ring (bicyclic) bond motifs is 2. The largest absolute Gasteiger partial charge is 0.790 e. The summed E-state index contributed by atoms with van der Waals surface area (Å²) in [5.74, 6) is -4.35. The fourth-order valence-corrected chi connectivity index (χ4v) is 14.7. The molecule has 55 heteroatoms. The molecule has 0 aromatic carbocycles. The highest BCUT2D eigenvalue weighted by molar-refractivity contribution is 7.60. The summed E-state index contributed by atoms with van der Waals surface area (Å²) in [5, 5.41) is 61.4. The number of Topliss-reactive ketones (excluding diaryl/α,β-unsaturated/α-hetero) is 1. The van der Waals surface area contributed by atoms with E-state index >= 15 is 0 Å². The summed E-state index contributed by atoms with van der Waals surface area (Å²) in [7, 11) is -35.2. The van der Waals surface area contributed by atoms with Crippen LogP contribution in [0.2, 0.25) is 0 Å². The maximum absolute atomic E-state index is 12.5. The maximum atomic E-state index is 12.5. The van der Waals surface area contributed by atoms with Gasteiger partial charge in [0.15, 0.2) is 41.2 Å². The van der Waals surface area contributed by atoms with Gasteiger partial charge in [-0.25, -0.2) is 38.5 Å². The molecule has 6 heterocycles. The van der Waals surface area contributed by atoms with Gasteiger partial charge in [-0.1, -0.05) is 40.7 Å². The molecule has 49 nitrogen and oxygen atoms in total. The van der Waals surface area contributed by atoms with Gasteiger partial charge >= 0.3 is 0 Å². The quantitative estimate of drug-likeness (QED) is 0.0145. The number of allylic oxidation sites excluding steroid dienone is 2. The number of nitrogens with zero attached hydrogens (tertiary/aromatic N) is 8. The van der Waals surface area contributed by atoms with Gasteiger partial charge in [0, 0.05) is 68.6 Å². The SMILES string of the molecule is C/C=C/C(=O)CCNC(=O)CCNC(=O)C(O)C(C)(C)COP(=O)([O-])OP(=O)([O-])OCC1OC(n2cnc3c(N)ncnc32)C(O)C1OP(=O)([O-])[O-].CC(O)C(C)C(=O)CCNC(=O)CCNC(=O)C(O)C(C)(C)COP(=O)([O-])OP(=O)([O-])OCC1OC(n2cnc3c(N)ncnc32)C(O)C1OP(=O)([O-])[O-]. The van der Waals surface area contributed by atoms with Gasteiger partial charge in [-0.3, -0.25) is 56.2 Å². The molecule has 2 fully saturated rings. The fraction of sp³-hybridized carbons (Fsp3) is 0.647. The first-order chi connectivity index (χ1) is 48.9. The Morgan fingerprint density at radius 2 is 0.925 bits per heavy atom. The second kappa shape index (κ2) is 38.2. The number of phosphoric ester groups is 6. The van der Waals surface area contributed by atoms with Crippen molar-refractivity contribution >= 4 is 116 Å². The number of nitrogen functional groups attached to an aromatic ring is 2. The third-order valence-electron chi connectivity index (χ3n) is 15.1. The van der Waals surface area contributed by atoms with Gasteiger partial charge in [0.25, 0.3) is 31.3 Å². The molecule has 4 amide bonds. The summed E-state index contributed by atoms with van der Waals surface area (Å²) in [6.07, 6.45) is -13.2. The van der Waals surface area contributed by atoms with Crippen molar-refractivity contribution in [2.24, 2.45) is 16.7 Å². The molecular weight excluding hydrogens is 1550 g/mol. The summed E-state index contributed by atoms with van der Waals surface area (Å²) in [4.78, 5) is 191. The highest BCUT2D eigenvalue weighted by atomic mass is 31.3. The highest BCUT2D eigenvalue weighted by Gasteiger charge is 2.49. The Balaban J connectivity index is 0.000000381. The minimum absolute atomic E-state index is 0.0103. The van der Waals surface area contributed by atoms with Crippen LogP contribution in [0.5, 0.6) is 0 Å². The maximum Gasteiger partial charge on any atom is 0.274 e. The van der Waals surface area contributed by atoms with E-state index in [1.54, 1.807) is 19.9 Å². The van der Waals surface area contributed by atoms with E-state index in [4.69, 9.17) is 20.9 Å². The lowest BCUT2D eigenvalue weighted by Gasteiger charge is -2.36. The van der Waals surface area contributed by atoms with E-state index in [1.165, 1.54) is 40.7 Å². The normalized spacial score (nSPS) is 22.9. The molecule has 2 saturated heterocycles. The predicted molar refractivity (Wildman–Crippen MR) is 336 cm³/mol. The molecule has 598 valence electrons. The zero-order valence-corrected chi connectivity index (χ0v) is 62.1. The summed E-state index contributed by atoms with van der Waals surface area (Å²) in [6.45, 7) is 4.38. The summed E-state index contributed by atoms with van der Waals surface area (Å²) in [5.41, 5.74) is 8.08. The number of ether oxygens (including phenoxy) is 2. The second-order valence-electron chi connectivity index (χ2n) is 24.4. The van der Waals surface area contributed by atoms with Gasteiger partial charge in [0.1, 0.15) is 78.3 Å². The molecule has 4 aromatic rings. The van der Waals surface area contributed by atoms with Crippen LogP contribution >= 0.6 is 46.9 Å². The molecule has 0 aliphatic carbocycles. The van der Waals surface area contributed by atoms with E-state index in [2.05, 4.69) is 86.9 Å². The fourth-order valence-electron chi connectivity index (χ4n) is 9.25. The molecule has 0 bridgehead atoms. The minimum Gasteiger partial charge on any atom is -0.790 e. The van der Waals surface area contributed by atoms with Crippen LogP contribution in [0.1, 0.15) is 86.6 Å². The Kier molecular flexibility index (Phi) is 32.7. The Hall–Kier alpha value is -5.88. The molecule has 106 heavy (non-hydrogen) atoms. The molecule has 16 unspecified atom stereocenters. The zero-order chi connectivity index (χ0) is 79.9. The van der Waals surface area contributed by atoms with Crippen molar-refractivity contribution in [1.29, 1.82) is 0 Å². The van der Waals surface area contributed by atoms with Crippen molar-refractivity contribution in [2.45, 2.75) is 142 Å². The standard InChI is InChI=1S/C26H44N7O18P3.C25H40N7O17P3/c1-13(14(2)34)15(35)5-7-28-17(36)6-8-29-24(39)21(38)26(3,4)10-48-54(45,46)51-53(43,44)47-9-16-20(50-52(40,41)42)19(37)25(49-16)33-12-32-18-22(27)30-11-31-23(18)33;1-4-5-14(33)6-8-27-16(34)7-9-28-23(37)20(36)25(2,3)11-46-52(43,44)49-51(41,42)45-10-15-19(48-50(38,39)40)18(35)24(47-15)32-13-31-17-21(26)29-12-30-22(17)32/h11-14,16,19-21,25,34,37-38H,5-10H2,1-4H3,(H,28,36)(H,29,39)(H,43,44)(H,45,46)(H2,27,30,31)(H2,40,41,42);4-5,12-13,15,18-20,24,35-36H,6-11H2,1-3H3,(H,27,34)(H,28,37)(H,41,42)(H,43,44)(H2,26,29,30)(H2,38,39,40)/p-8/b;5-4+. The lowest BCUT2D eigenvalue weighted by Crippen LogP contribution is -2.46. The Bertz CT molecular complexity index is 4060. The summed E-state index contributed by atoms with van der Waals surface area (Å²) < 4.78 is 121. The molecule has 0 saturated carbocycles. The van der Waals surface area contributed by atoms with Crippen LogP contribution in [0.3, 0.4) is 0 Å². The minimum atomic E-state index is -5.92. The number of imidazole rings is 2. The number of hydrogen-bond donors (Lipinski definition) is 11. The van der Waals surface area contributed by atoms with Crippen LogP contribution in [-0.2, 0) is 101 Å². The van der Waals surface area contributed by atoms with Crippen LogP contribution in [0.15, 0.2) is 37.5 Å². The van der Waals surface area contributed by atoms with Crippen LogP contribution in [-0.4, -0.2) is 207 Å². The van der Waals surface area contributed by atoms with E-state index in [0.29, 0.717) is 0 Å². The lowest BCUT2D eigenvalue weighted by molar-refractivity contribution is -0.348. The number of carbonyl (C=O) groups excluding carboxylic acids is 6. The van der Waals surface area contributed by atoms with Gasteiger partial charge in [-0.05, 0) is 19.9 Å². The van der Waals surface area contributed by atoms with Crippen molar-refractivity contribution < 1.29 is 166 Å².